The molecule has 2 aliphatic rings. The zero-order chi connectivity index (χ0) is 23.3. The summed E-state index contributed by atoms with van der Waals surface area (Å²) in [7, 11) is 0. The van der Waals surface area contributed by atoms with E-state index in [4.69, 9.17) is 0 Å². The Morgan fingerprint density at radius 1 is 1.12 bits per heavy atom. The van der Waals surface area contributed by atoms with E-state index in [-0.39, 0.29) is 17.9 Å². The number of hydrogen-bond acceptors (Lipinski definition) is 3. The highest BCUT2D eigenvalue weighted by Gasteiger charge is 2.25. The maximum absolute atomic E-state index is 13.5. The van der Waals surface area contributed by atoms with Gasteiger partial charge in [0.1, 0.15) is 11.6 Å². The van der Waals surface area contributed by atoms with Gasteiger partial charge in [0.15, 0.2) is 0 Å². The van der Waals surface area contributed by atoms with Crippen LogP contribution in [-0.2, 0) is 0 Å². The molecule has 2 fully saturated rings. The van der Waals surface area contributed by atoms with Crippen LogP contribution < -0.4 is 10.2 Å². The molecular formula is C27H34FN5O. The van der Waals surface area contributed by atoms with Crippen LogP contribution in [0.3, 0.4) is 0 Å². The number of hydrogen-bond donors (Lipinski definition) is 2. The number of likely N-dealkylation sites (tertiary alicyclic amines) is 1. The summed E-state index contributed by atoms with van der Waals surface area (Å²) in [6, 6.07) is 11.0. The summed E-state index contributed by atoms with van der Waals surface area (Å²) in [5, 5.41) is 4.38. The second-order valence-electron chi connectivity index (χ2n) is 9.67. The van der Waals surface area contributed by atoms with Crippen molar-refractivity contribution in [3.63, 3.8) is 0 Å². The van der Waals surface area contributed by atoms with E-state index >= 15 is 0 Å². The minimum atomic E-state index is -0.208. The highest BCUT2D eigenvalue weighted by molar-refractivity contribution is 5.91. The SMILES string of the molecule is O=C(NC1CCCCC1)N(CCN1CCC(c2c[nH]c3cc(F)ccc23)CC1)c1ccccn1. The number of nitrogens with zero attached hydrogens (tertiary/aromatic N) is 3. The van der Waals surface area contributed by atoms with Crippen molar-refractivity contribution in [2.24, 2.45) is 0 Å². The fraction of sp³-hybridized carbons (Fsp3) is 0.481. The summed E-state index contributed by atoms with van der Waals surface area (Å²) < 4.78 is 13.5. The van der Waals surface area contributed by atoms with Gasteiger partial charge in [-0.25, -0.2) is 14.2 Å². The molecule has 1 saturated heterocycles. The van der Waals surface area contributed by atoms with Crippen LogP contribution in [0.1, 0.15) is 56.4 Å². The minimum Gasteiger partial charge on any atom is -0.361 e. The van der Waals surface area contributed by atoms with E-state index in [1.54, 1.807) is 23.2 Å². The summed E-state index contributed by atoms with van der Waals surface area (Å²) in [5.41, 5.74) is 2.16. The van der Waals surface area contributed by atoms with Gasteiger partial charge in [0.2, 0.25) is 0 Å². The maximum Gasteiger partial charge on any atom is 0.323 e. The molecule has 0 bridgehead atoms. The number of aromatic nitrogens is 2. The van der Waals surface area contributed by atoms with Crippen LogP contribution in [0.5, 0.6) is 0 Å². The average Bonchev–Trinajstić information content (AvgIpc) is 3.29. The third-order valence-electron chi connectivity index (χ3n) is 7.45. The Bertz CT molecular complexity index is 1090. The molecule has 5 rings (SSSR count). The van der Waals surface area contributed by atoms with Crippen LogP contribution in [0.25, 0.3) is 10.9 Å². The molecule has 2 aromatic heterocycles. The number of pyridine rings is 1. The first-order valence-electron chi connectivity index (χ1n) is 12.7. The first-order valence-corrected chi connectivity index (χ1v) is 12.7. The molecule has 6 nitrogen and oxygen atoms in total. The molecule has 2 amide bonds. The molecule has 3 aromatic rings. The van der Waals surface area contributed by atoms with Crippen molar-refractivity contribution >= 4 is 22.8 Å². The molecule has 0 atom stereocenters. The van der Waals surface area contributed by atoms with Crippen molar-refractivity contribution in [3.05, 3.63) is 60.2 Å². The third-order valence-corrected chi connectivity index (χ3v) is 7.45. The number of benzene rings is 1. The molecule has 1 aromatic carbocycles. The molecule has 2 N–H and O–H groups in total. The Hall–Kier alpha value is -2.93. The molecule has 1 aliphatic heterocycles. The van der Waals surface area contributed by atoms with Gasteiger partial charge >= 0.3 is 6.03 Å². The van der Waals surface area contributed by atoms with Gasteiger partial charge in [0, 0.05) is 42.4 Å². The summed E-state index contributed by atoms with van der Waals surface area (Å²) in [6.45, 7) is 3.41. The van der Waals surface area contributed by atoms with E-state index in [0.29, 0.717) is 18.3 Å². The fourth-order valence-corrected chi connectivity index (χ4v) is 5.50. The van der Waals surface area contributed by atoms with Crippen molar-refractivity contribution in [1.82, 2.24) is 20.2 Å². The number of aromatic amines is 1. The monoisotopic (exact) mass is 463 g/mol. The zero-order valence-electron chi connectivity index (χ0n) is 19.7. The topological polar surface area (TPSA) is 64.3 Å². The Morgan fingerprint density at radius 2 is 1.94 bits per heavy atom. The molecule has 34 heavy (non-hydrogen) atoms. The number of carbonyl (C=O) groups is 1. The summed E-state index contributed by atoms with van der Waals surface area (Å²) >= 11 is 0. The average molecular weight is 464 g/mol. The molecular weight excluding hydrogens is 429 g/mol. The fourth-order valence-electron chi connectivity index (χ4n) is 5.50. The Kier molecular flexibility index (Phi) is 7.09. The first-order chi connectivity index (χ1) is 16.7. The largest absolute Gasteiger partial charge is 0.361 e. The Morgan fingerprint density at radius 3 is 2.71 bits per heavy atom. The third kappa shape index (κ3) is 5.25. The van der Waals surface area contributed by atoms with Crippen LogP contribution >= 0.6 is 0 Å². The van der Waals surface area contributed by atoms with Gasteiger partial charge in [-0.15, -0.1) is 0 Å². The maximum atomic E-state index is 13.5. The normalized spacial score (nSPS) is 18.3. The molecule has 7 heteroatoms. The molecule has 3 heterocycles. The zero-order valence-corrected chi connectivity index (χ0v) is 19.7. The van der Waals surface area contributed by atoms with Gasteiger partial charge < -0.3 is 15.2 Å². The van der Waals surface area contributed by atoms with E-state index in [1.807, 2.05) is 30.5 Å². The summed E-state index contributed by atoms with van der Waals surface area (Å²) in [5.74, 6) is 0.967. The van der Waals surface area contributed by atoms with E-state index in [0.717, 1.165) is 56.2 Å². The van der Waals surface area contributed by atoms with Crippen molar-refractivity contribution in [2.45, 2.75) is 56.9 Å². The Balaban J connectivity index is 1.19. The molecule has 0 unspecified atom stereocenters. The number of halogens is 1. The number of nitrogens with one attached hydrogen (secondary N) is 2. The second-order valence-corrected chi connectivity index (χ2v) is 9.67. The number of urea groups is 1. The smallest absolute Gasteiger partial charge is 0.323 e. The van der Waals surface area contributed by atoms with Gasteiger partial charge in [0.05, 0.1) is 0 Å². The molecule has 180 valence electrons. The minimum absolute atomic E-state index is 0.0356. The van der Waals surface area contributed by atoms with E-state index in [9.17, 15) is 9.18 Å². The predicted molar refractivity (Wildman–Crippen MR) is 134 cm³/mol. The van der Waals surface area contributed by atoms with Gasteiger partial charge in [-0.05, 0) is 80.6 Å². The quantitative estimate of drug-likeness (QED) is 0.512. The van der Waals surface area contributed by atoms with Crippen LogP contribution in [-0.4, -0.2) is 53.1 Å². The molecule has 0 radical (unpaired) electrons. The van der Waals surface area contributed by atoms with Gasteiger partial charge in [-0.2, -0.15) is 0 Å². The highest BCUT2D eigenvalue weighted by atomic mass is 19.1. The first kappa shape index (κ1) is 22.8. The standard InChI is InChI=1S/C27H34FN5O/c28-21-9-10-23-24(19-30-25(23)18-21)20-11-14-32(15-12-20)16-17-33(26-8-4-5-13-29-26)27(34)31-22-6-2-1-3-7-22/h4-5,8-10,13,18-20,22,30H,1-3,6-7,11-12,14-17H2,(H,31,34). The van der Waals surface area contributed by atoms with Gasteiger partial charge in [-0.3, -0.25) is 4.90 Å². The van der Waals surface area contributed by atoms with Crippen LogP contribution in [0.4, 0.5) is 15.0 Å². The second kappa shape index (κ2) is 10.6. The lowest BCUT2D eigenvalue weighted by molar-refractivity contribution is 0.212. The lowest BCUT2D eigenvalue weighted by atomic mass is 9.89. The van der Waals surface area contributed by atoms with Crippen molar-refractivity contribution in [2.75, 3.05) is 31.1 Å². The number of carbonyl (C=O) groups excluding carboxylic acids is 1. The van der Waals surface area contributed by atoms with Crippen molar-refractivity contribution < 1.29 is 9.18 Å². The van der Waals surface area contributed by atoms with Crippen LogP contribution in [0.2, 0.25) is 0 Å². The lowest BCUT2D eigenvalue weighted by Gasteiger charge is -2.34. The van der Waals surface area contributed by atoms with Gasteiger partial charge in [-0.1, -0.05) is 25.3 Å². The number of anilines is 1. The molecule has 0 spiro atoms. The number of H-pyrrole nitrogens is 1. The Labute approximate surface area is 200 Å². The summed E-state index contributed by atoms with van der Waals surface area (Å²) in [4.78, 5) is 25.1. The van der Waals surface area contributed by atoms with Crippen LogP contribution in [0, 0.1) is 5.82 Å². The highest BCUT2D eigenvalue weighted by Crippen LogP contribution is 2.33. The van der Waals surface area contributed by atoms with E-state index in [2.05, 4.69) is 20.2 Å². The number of fused-ring (bicyclic) bond motifs is 1. The molecule has 1 saturated carbocycles. The van der Waals surface area contributed by atoms with E-state index in [1.165, 1.54) is 24.8 Å². The predicted octanol–water partition coefficient (Wildman–Crippen LogP) is 5.43. The van der Waals surface area contributed by atoms with Crippen molar-refractivity contribution in [3.8, 4) is 0 Å². The number of rotatable bonds is 6. The number of amides is 2. The van der Waals surface area contributed by atoms with Crippen molar-refractivity contribution in [1.29, 1.82) is 0 Å². The van der Waals surface area contributed by atoms with Gasteiger partial charge in [0.25, 0.3) is 0 Å². The number of piperidine rings is 1. The van der Waals surface area contributed by atoms with Crippen LogP contribution in [0.15, 0.2) is 48.8 Å². The molecule has 1 aliphatic carbocycles. The lowest BCUT2D eigenvalue weighted by Crippen LogP contribution is -2.49. The summed E-state index contributed by atoms with van der Waals surface area (Å²) in [6.07, 6.45) is 11.7. The van der Waals surface area contributed by atoms with E-state index < -0.39 is 0 Å².